The third-order valence-electron chi connectivity index (χ3n) is 4.79. The van der Waals surface area contributed by atoms with E-state index in [1.54, 1.807) is 13.1 Å². The molecule has 0 amide bonds. The van der Waals surface area contributed by atoms with Crippen molar-refractivity contribution < 1.29 is 0 Å². The van der Waals surface area contributed by atoms with Crippen molar-refractivity contribution in [3.05, 3.63) is 91.0 Å². The molecule has 0 N–H and O–H groups in total. The van der Waals surface area contributed by atoms with Crippen molar-refractivity contribution in [1.82, 2.24) is 0 Å². The van der Waals surface area contributed by atoms with Crippen molar-refractivity contribution in [3.63, 3.8) is 0 Å². The summed E-state index contributed by atoms with van der Waals surface area (Å²) >= 11 is -2.01. The van der Waals surface area contributed by atoms with Gasteiger partial charge in [0.05, 0.1) is 0 Å². The molecule has 0 aliphatic carbocycles. The Bertz CT molecular complexity index is 740. The van der Waals surface area contributed by atoms with Crippen LogP contribution in [0.25, 0.3) is 0 Å². The fraction of sp³-hybridized carbons (Fsp3) is 0.217. The molecule has 1 fully saturated rings. The molecule has 1 heterocycles. The second-order valence-electron chi connectivity index (χ2n) is 6.60. The minimum absolute atomic E-state index is 1.00. The van der Waals surface area contributed by atoms with Crippen LogP contribution < -0.4 is 13.1 Å². The molecule has 2 atom stereocenters. The Hall–Kier alpha value is -0.665. The second kappa shape index (κ2) is 9.51. The summed E-state index contributed by atoms with van der Waals surface area (Å²) in [6, 6.07) is 35.1. The van der Waals surface area contributed by atoms with E-state index in [2.05, 4.69) is 91.0 Å². The molecule has 3 aromatic carbocycles. The first-order valence-corrected chi connectivity index (χ1v) is 25.3. The first-order valence-electron chi connectivity index (χ1n) is 9.44. The zero-order valence-corrected chi connectivity index (χ0v) is 20.7. The van der Waals surface area contributed by atoms with Gasteiger partial charge in [-0.2, -0.15) is 0 Å². The van der Waals surface area contributed by atoms with Crippen molar-refractivity contribution in [1.29, 1.82) is 0 Å². The molecule has 3 aromatic rings. The van der Waals surface area contributed by atoms with Gasteiger partial charge in [0.25, 0.3) is 0 Å². The Kier molecular flexibility index (Phi) is 6.83. The van der Waals surface area contributed by atoms with Gasteiger partial charge in [-0.25, -0.2) is 0 Å². The van der Waals surface area contributed by atoms with Crippen LogP contribution in [0, 0.1) is 0 Å². The van der Waals surface area contributed by atoms with Gasteiger partial charge in [0, 0.05) is 0 Å². The molecule has 26 heavy (non-hydrogen) atoms. The SMILES string of the molecule is c1ccc([As]2CCCCC[As](c3ccccc3)[As]2c2ccccc2)cc1. The molecule has 0 nitrogen and oxygen atoms in total. The zero-order valence-electron chi connectivity index (χ0n) is 15.0. The first kappa shape index (κ1) is 18.7. The van der Waals surface area contributed by atoms with Gasteiger partial charge in [-0.05, 0) is 0 Å². The third-order valence-corrected chi connectivity index (χ3v) is 64.0. The Labute approximate surface area is 168 Å². The van der Waals surface area contributed by atoms with E-state index >= 15 is 0 Å². The average Bonchev–Trinajstić information content (AvgIpc) is 2.70. The molecule has 2 unspecified atom stereocenters. The van der Waals surface area contributed by atoms with Crippen molar-refractivity contribution in [2.45, 2.75) is 29.7 Å². The van der Waals surface area contributed by atoms with E-state index in [9.17, 15) is 0 Å². The summed E-state index contributed by atoms with van der Waals surface area (Å²) in [7, 11) is -1.04. The summed E-state index contributed by atoms with van der Waals surface area (Å²) in [4.78, 5) is 0. The van der Waals surface area contributed by atoms with E-state index in [4.69, 9.17) is 0 Å². The molecule has 1 saturated heterocycles. The van der Waals surface area contributed by atoms with E-state index in [0.717, 1.165) is 0 Å². The van der Waals surface area contributed by atoms with Crippen LogP contribution in [0.5, 0.6) is 0 Å². The number of rotatable bonds is 3. The molecule has 3 heteroatoms. The van der Waals surface area contributed by atoms with Gasteiger partial charge >= 0.3 is 169 Å². The van der Waals surface area contributed by atoms with Crippen molar-refractivity contribution in [3.8, 4) is 0 Å². The van der Waals surface area contributed by atoms with Crippen LogP contribution in [0.2, 0.25) is 10.4 Å². The maximum absolute atomic E-state index is 2.48. The average molecular weight is 526 g/mol. The van der Waals surface area contributed by atoms with Gasteiger partial charge in [-0.15, -0.1) is 0 Å². The quantitative estimate of drug-likeness (QED) is 0.459. The van der Waals surface area contributed by atoms with Crippen molar-refractivity contribution >= 4 is 48.7 Å². The Morgan fingerprint density at radius 2 is 0.808 bits per heavy atom. The molecule has 1 aliphatic rings. The van der Waals surface area contributed by atoms with E-state index in [-0.39, 0.29) is 0 Å². The Balaban J connectivity index is 1.82. The van der Waals surface area contributed by atoms with Gasteiger partial charge in [0.2, 0.25) is 0 Å². The van der Waals surface area contributed by atoms with Crippen LogP contribution in [0.4, 0.5) is 0 Å². The van der Waals surface area contributed by atoms with E-state index < -0.39 is 35.7 Å². The minimum atomic E-state index is -1.04. The fourth-order valence-electron chi connectivity index (χ4n) is 3.54. The molecule has 132 valence electrons. The molecule has 1 aliphatic heterocycles. The monoisotopic (exact) mass is 526 g/mol. The third kappa shape index (κ3) is 4.42. The van der Waals surface area contributed by atoms with Crippen molar-refractivity contribution in [2.75, 3.05) is 0 Å². The fourth-order valence-corrected chi connectivity index (χ4v) is 76.7. The summed E-state index contributed by atoms with van der Waals surface area (Å²) in [6.07, 6.45) is 4.38. The van der Waals surface area contributed by atoms with Crippen LogP contribution in [-0.4, -0.2) is 35.7 Å². The molecule has 0 aromatic heterocycles. The Morgan fingerprint density at radius 3 is 1.23 bits per heavy atom. The van der Waals surface area contributed by atoms with Gasteiger partial charge < -0.3 is 0 Å². The normalized spacial score (nSPS) is 23.8. The van der Waals surface area contributed by atoms with Crippen LogP contribution >= 0.6 is 0 Å². The van der Waals surface area contributed by atoms with Gasteiger partial charge in [-0.1, -0.05) is 0 Å². The Morgan fingerprint density at radius 1 is 0.423 bits per heavy atom. The van der Waals surface area contributed by atoms with Crippen LogP contribution in [-0.2, 0) is 0 Å². The van der Waals surface area contributed by atoms with Gasteiger partial charge in [0.1, 0.15) is 0 Å². The molecule has 0 spiro atoms. The summed E-state index contributed by atoms with van der Waals surface area (Å²) in [5.74, 6) is 0. The van der Waals surface area contributed by atoms with E-state index in [1.807, 2.05) is 0 Å². The summed E-state index contributed by atoms with van der Waals surface area (Å²) < 4.78 is 5.27. The van der Waals surface area contributed by atoms with E-state index in [0.29, 0.717) is 0 Å². The number of hydrogen-bond donors (Lipinski definition) is 0. The molecule has 4 rings (SSSR count). The standard InChI is InChI=1S/C23H25As3/c1-5-13-21(14-6-1)24-19-11-4-12-20-25(22-15-7-2-8-16-22)26(24)23-17-9-3-10-18-23/h1-3,5-10,13-18H,4,11-12,19-20H2. The predicted molar refractivity (Wildman–Crippen MR) is 119 cm³/mol. The van der Waals surface area contributed by atoms with Crippen molar-refractivity contribution in [2.24, 2.45) is 0 Å². The van der Waals surface area contributed by atoms with Crippen LogP contribution in [0.15, 0.2) is 91.0 Å². The summed E-state index contributed by atoms with van der Waals surface area (Å²) in [5, 5.41) is 3.06. The molecular weight excluding hydrogens is 501 g/mol. The molecule has 0 radical (unpaired) electrons. The molecule has 0 bridgehead atoms. The van der Waals surface area contributed by atoms with E-state index in [1.165, 1.54) is 29.7 Å². The number of benzene rings is 3. The van der Waals surface area contributed by atoms with Crippen LogP contribution in [0.1, 0.15) is 19.3 Å². The summed E-state index contributed by atoms with van der Waals surface area (Å²) in [6.45, 7) is 0. The number of hydrogen-bond acceptors (Lipinski definition) is 0. The van der Waals surface area contributed by atoms with Gasteiger partial charge in [0.15, 0.2) is 0 Å². The second-order valence-corrected chi connectivity index (χ2v) is 43.3. The van der Waals surface area contributed by atoms with Gasteiger partial charge in [-0.3, -0.25) is 0 Å². The zero-order chi connectivity index (χ0) is 17.6. The molecular formula is C23H25As3. The first-order chi connectivity index (χ1) is 12.9. The predicted octanol–water partition coefficient (Wildman–Crippen LogP) is 3.53. The maximum atomic E-state index is 2.48. The van der Waals surface area contributed by atoms with Crippen LogP contribution in [0.3, 0.4) is 0 Å². The molecule has 0 saturated carbocycles. The topological polar surface area (TPSA) is 0 Å². The summed E-state index contributed by atoms with van der Waals surface area (Å²) in [5.41, 5.74) is 0.